The van der Waals surface area contributed by atoms with Crippen molar-refractivity contribution in [3.63, 3.8) is 0 Å². The van der Waals surface area contributed by atoms with Crippen LogP contribution in [0.15, 0.2) is 84.9 Å². The van der Waals surface area contributed by atoms with Crippen LogP contribution < -0.4 is 9.05 Å². The van der Waals surface area contributed by atoms with E-state index in [2.05, 4.69) is 0 Å². The lowest BCUT2D eigenvalue weighted by molar-refractivity contribution is 0.393. The van der Waals surface area contributed by atoms with E-state index in [1.54, 1.807) is 30.3 Å². The van der Waals surface area contributed by atoms with Crippen LogP contribution in [0.5, 0.6) is 23.0 Å². The Kier molecular flexibility index (Phi) is 6.49. The van der Waals surface area contributed by atoms with Crippen molar-refractivity contribution in [3.8, 4) is 23.0 Å². The highest BCUT2D eigenvalue weighted by Gasteiger charge is 2.19. The second-order valence-corrected chi connectivity index (χ2v) is 7.01. The molecule has 0 spiro atoms. The summed E-state index contributed by atoms with van der Waals surface area (Å²) in [6.45, 7) is 1.45. The lowest BCUT2D eigenvalue weighted by Crippen LogP contribution is -1.98. The van der Waals surface area contributed by atoms with Gasteiger partial charge in [0.1, 0.15) is 23.0 Å². The summed E-state index contributed by atoms with van der Waals surface area (Å²) >= 11 is 0. The third-order valence-electron chi connectivity index (χ3n) is 2.86. The largest absolute Gasteiger partial charge is 0.508 e. The first-order chi connectivity index (χ1) is 11.9. The monoisotopic (exact) mass is 358 g/mol. The molecule has 0 radical (unpaired) electrons. The Labute approximate surface area is 146 Å². The number of phenols is 2. The van der Waals surface area contributed by atoms with Crippen molar-refractivity contribution in [1.29, 1.82) is 0 Å². The number of rotatable bonds is 4. The highest BCUT2D eigenvalue weighted by molar-refractivity contribution is 7.53. The smallest absolute Gasteiger partial charge is 0.427 e. The molecule has 6 heteroatoms. The van der Waals surface area contributed by atoms with Crippen LogP contribution >= 0.6 is 7.60 Å². The molecule has 0 aliphatic rings. The molecule has 5 nitrogen and oxygen atoms in total. The molecule has 0 bridgehead atoms. The number of hydrogen-bond donors (Lipinski definition) is 2. The van der Waals surface area contributed by atoms with Gasteiger partial charge in [0.2, 0.25) is 0 Å². The molecule has 0 saturated carbocycles. The highest BCUT2D eigenvalue weighted by Crippen LogP contribution is 2.44. The third-order valence-corrected chi connectivity index (χ3v) is 3.94. The van der Waals surface area contributed by atoms with Gasteiger partial charge < -0.3 is 19.3 Å². The maximum absolute atomic E-state index is 12.1. The maximum Gasteiger partial charge on any atom is 0.427 e. The number of phenolic OH excluding ortho intramolecular Hbond substituents is 2. The van der Waals surface area contributed by atoms with E-state index >= 15 is 0 Å². The lowest BCUT2D eigenvalue weighted by atomic mass is 10.3. The van der Waals surface area contributed by atoms with Crippen LogP contribution in [0.2, 0.25) is 0 Å². The predicted octanol–water partition coefficient (Wildman–Crippen LogP) is 5.07. The average molecular weight is 358 g/mol. The van der Waals surface area contributed by atoms with Crippen LogP contribution in [-0.4, -0.2) is 16.9 Å². The Morgan fingerprint density at radius 2 is 1.08 bits per heavy atom. The Bertz CT molecular complexity index is 759. The molecule has 0 amide bonds. The molecule has 3 aromatic carbocycles. The molecule has 0 aliphatic carbocycles. The fourth-order valence-corrected chi connectivity index (χ4v) is 2.90. The number of aromatic hydroxyl groups is 2. The summed E-state index contributed by atoms with van der Waals surface area (Å²) in [5.74, 6) is 1.25. The molecule has 3 aromatic rings. The van der Waals surface area contributed by atoms with Crippen molar-refractivity contribution in [2.24, 2.45) is 0 Å². The molecular weight excluding hydrogens is 339 g/mol. The van der Waals surface area contributed by atoms with E-state index in [9.17, 15) is 4.57 Å². The highest BCUT2D eigenvalue weighted by atomic mass is 31.2. The van der Waals surface area contributed by atoms with E-state index in [4.69, 9.17) is 19.3 Å². The summed E-state index contributed by atoms with van der Waals surface area (Å²) in [4.78, 5) is 0. The molecule has 0 saturated heterocycles. The normalized spacial score (nSPS) is 10.3. The van der Waals surface area contributed by atoms with Crippen LogP contribution in [0.4, 0.5) is 0 Å². The molecule has 0 heterocycles. The van der Waals surface area contributed by atoms with Crippen LogP contribution in [-0.2, 0) is 4.57 Å². The van der Waals surface area contributed by atoms with E-state index in [1.807, 2.05) is 36.4 Å². The summed E-state index contributed by atoms with van der Waals surface area (Å²) < 4.78 is 22.8. The Balaban J connectivity index is 0.000000236. The Morgan fingerprint density at radius 1 is 0.680 bits per heavy atom. The Hall–Kier alpha value is -2.91. The fraction of sp³-hybridized carbons (Fsp3) is 0.0526. The molecule has 0 aliphatic heterocycles. The van der Waals surface area contributed by atoms with Gasteiger partial charge in [-0.3, -0.25) is 0 Å². The quantitative estimate of drug-likeness (QED) is 0.637. The number of para-hydroxylation sites is 2. The van der Waals surface area contributed by atoms with Gasteiger partial charge in [-0.1, -0.05) is 42.5 Å². The molecule has 0 atom stereocenters. The summed E-state index contributed by atoms with van der Waals surface area (Å²) in [6.07, 6.45) is 0. The zero-order chi connectivity index (χ0) is 18.1. The van der Waals surface area contributed by atoms with Crippen LogP contribution in [0.25, 0.3) is 0 Å². The average Bonchev–Trinajstić information content (AvgIpc) is 2.56. The standard InChI is InChI=1S/C13H13O3P.C6H6O2/c1-17(14,15-12-8-4-2-5-9-12)16-13-10-6-3-7-11-13;7-5-2-1-3-6(8)4-5/h2-11H,1H3;1-4,7-8H. The second-order valence-electron chi connectivity index (χ2n) is 5.10. The minimum absolute atomic E-state index is 0.0880. The summed E-state index contributed by atoms with van der Waals surface area (Å²) in [7, 11) is -3.14. The van der Waals surface area contributed by atoms with Crippen LogP contribution in [0.3, 0.4) is 0 Å². The van der Waals surface area contributed by atoms with Gasteiger partial charge in [0.25, 0.3) is 0 Å². The van der Waals surface area contributed by atoms with Crippen molar-refractivity contribution in [3.05, 3.63) is 84.9 Å². The van der Waals surface area contributed by atoms with Crippen molar-refractivity contribution in [1.82, 2.24) is 0 Å². The topological polar surface area (TPSA) is 76.0 Å². The summed E-state index contributed by atoms with van der Waals surface area (Å²) in [6, 6.07) is 23.8. The molecule has 130 valence electrons. The first-order valence-corrected chi connectivity index (χ1v) is 9.48. The van der Waals surface area contributed by atoms with Gasteiger partial charge in [-0.05, 0) is 36.4 Å². The predicted molar refractivity (Wildman–Crippen MR) is 97.4 cm³/mol. The van der Waals surface area contributed by atoms with Gasteiger partial charge in [-0.15, -0.1) is 0 Å². The molecular formula is C19H19O5P. The first-order valence-electron chi connectivity index (χ1n) is 7.49. The van der Waals surface area contributed by atoms with Crippen LogP contribution in [0, 0.1) is 0 Å². The molecule has 25 heavy (non-hydrogen) atoms. The molecule has 0 fully saturated rings. The zero-order valence-corrected chi connectivity index (χ0v) is 14.5. The molecule has 0 unspecified atom stereocenters. The fourth-order valence-electron chi connectivity index (χ4n) is 1.86. The van der Waals surface area contributed by atoms with E-state index in [0.29, 0.717) is 11.5 Å². The van der Waals surface area contributed by atoms with Crippen LogP contribution in [0.1, 0.15) is 0 Å². The van der Waals surface area contributed by atoms with Crippen molar-refractivity contribution in [2.45, 2.75) is 0 Å². The van der Waals surface area contributed by atoms with Gasteiger partial charge in [-0.2, -0.15) is 0 Å². The number of hydrogen-bond acceptors (Lipinski definition) is 5. The van der Waals surface area contributed by atoms with Gasteiger partial charge in [0.05, 0.1) is 6.66 Å². The van der Waals surface area contributed by atoms with Crippen molar-refractivity contribution < 1.29 is 23.8 Å². The minimum atomic E-state index is -3.14. The van der Waals surface area contributed by atoms with Gasteiger partial charge in [-0.25, -0.2) is 4.57 Å². The second kappa shape index (κ2) is 8.81. The maximum atomic E-state index is 12.1. The minimum Gasteiger partial charge on any atom is -0.508 e. The third kappa shape index (κ3) is 7.02. The van der Waals surface area contributed by atoms with Crippen molar-refractivity contribution >= 4 is 7.60 Å². The molecule has 2 N–H and O–H groups in total. The SMILES string of the molecule is CP(=O)(Oc1ccccc1)Oc1ccccc1.Oc1cccc(O)c1. The number of benzene rings is 3. The zero-order valence-electron chi connectivity index (χ0n) is 13.6. The van der Waals surface area contributed by atoms with E-state index in [0.717, 1.165) is 0 Å². The van der Waals surface area contributed by atoms with E-state index in [-0.39, 0.29) is 11.5 Å². The van der Waals surface area contributed by atoms with Gasteiger partial charge in [0.15, 0.2) is 0 Å². The van der Waals surface area contributed by atoms with Crippen molar-refractivity contribution in [2.75, 3.05) is 6.66 Å². The van der Waals surface area contributed by atoms with Gasteiger partial charge in [0, 0.05) is 6.07 Å². The lowest BCUT2D eigenvalue weighted by Gasteiger charge is -2.15. The molecule has 3 rings (SSSR count). The molecule has 0 aromatic heterocycles. The van der Waals surface area contributed by atoms with E-state index in [1.165, 1.54) is 24.9 Å². The first kappa shape index (κ1) is 18.4. The Morgan fingerprint density at radius 3 is 1.40 bits per heavy atom. The van der Waals surface area contributed by atoms with E-state index < -0.39 is 7.60 Å². The summed E-state index contributed by atoms with van der Waals surface area (Å²) in [5, 5.41) is 17.3. The van der Waals surface area contributed by atoms with Gasteiger partial charge >= 0.3 is 7.60 Å². The summed E-state index contributed by atoms with van der Waals surface area (Å²) in [5.41, 5.74) is 0.